The van der Waals surface area contributed by atoms with Gasteiger partial charge in [0.05, 0.1) is 18.1 Å². The molecule has 0 saturated heterocycles. The standard InChI is InChI=1S/C19H17N7O2S.C4H10O/c1-28-19-23-8-11(9-24-19)5-7-22-17(27)12-10-29-18-14(12)15(20)25-16(26-18)13-4-2-3-6-21-13;1-3-5-4-2/h2-4,6,8-10H,5,7H2,1H3,(H,22,27)(H2,20,25,26);3-4H2,1-2H3. The summed E-state index contributed by atoms with van der Waals surface area (Å²) in [6.45, 7) is 6.10. The van der Waals surface area contributed by atoms with Gasteiger partial charge in [-0.25, -0.2) is 19.9 Å². The molecule has 178 valence electrons. The number of pyridine rings is 1. The van der Waals surface area contributed by atoms with E-state index in [1.807, 2.05) is 32.0 Å². The van der Waals surface area contributed by atoms with E-state index in [0.29, 0.717) is 46.3 Å². The second-order valence-corrected chi connectivity index (χ2v) is 7.70. The molecule has 0 aliphatic heterocycles. The highest BCUT2D eigenvalue weighted by Crippen LogP contribution is 2.30. The fourth-order valence-corrected chi connectivity index (χ4v) is 3.87. The number of carbonyl (C=O) groups excluding carboxylic acids is 1. The predicted octanol–water partition coefficient (Wildman–Crippen LogP) is 3.15. The van der Waals surface area contributed by atoms with Crippen molar-refractivity contribution in [2.24, 2.45) is 0 Å². The second-order valence-electron chi connectivity index (χ2n) is 6.84. The van der Waals surface area contributed by atoms with E-state index < -0.39 is 0 Å². The van der Waals surface area contributed by atoms with E-state index in [1.54, 1.807) is 24.0 Å². The van der Waals surface area contributed by atoms with Gasteiger partial charge in [0.1, 0.15) is 16.3 Å². The van der Waals surface area contributed by atoms with E-state index in [4.69, 9.17) is 15.2 Å². The minimum atomic E-state index is -0.230. The molecule has 0 saturated carbocycles. The summed E-state index contributed by atoms with van der Waals surface area (Å²) >= 11 is 1.35. The molecular weight excluding hydrogens is 454 g/mol. The van der Waals surface area contributed by atoms with E-state index in [1.165, 1.54) is 18.4 Å². The van der Waals surface area contributed by atoms with Crippen molar-refractivity contribution in [3.8, 4) is 17.5 Å². The molecule has 0 bridgehead atoms. The quantitative estimate of drug-likeness (QED) is 0.388. The zero-order chi connectivity index (χ0) is 24.3. The zero-order valence-corrected chi connectivity index (χ0v) is 20.1. The molecule has 0 aliphatic rings. The van der Waals surface area contributed by atoms with Crippen LogP contribution in [0.5, 0.6) is 6.01 Å². The normalized spacial score (nSPS) is 10.4. The lowest BCUT2D eigenvalue weighted by Gasteiger charge is -2.06. The number of amides is 1. The Kier molecular flexibility index (Phi) is 9.18. The smallest absolute Gasteiger partial charge is 0.316 e. The Bertz CT molecular complexity index is 1200. The van der Waals surface area contributed by atoms with Crippen LogP contribution in [0.4, 0.5) is 5.82 Å². The number of methoxy groups -OCH3 is 1. The van der Waals surface area contributed by atoms with Gasteiger partial charge in [0.25, 0.3) is 5.91 Å². The van der Waals surface area contributed by atoms with Crippen LogP contribution < -0.4 is 15.8 Å². The van der Waals surface area contributed by atoms with Crippen molar-refractivity contribution in [3.63, 3.8) is 0 Å². The van der Waals surface area contributed by atoms with Crippen LogP contribution in [0.2, 0.25) is 0 Å². The van der Waals surface area contributed by atoms with E-state index >= 15 is 0 Å². The number of anilines is 1. The van der Waals surface area contributed by atoms with E-state index in [-0.39, 0.29) is 11.7 Å². The van der Waals surface area contributed by atoms with Crippen LogP contribution in [0, 0.1) is 0 Å². The molecule has 0 unspecified atom stereocenters. The van der Waals surface area contributed by atoms with Crippen molar-refractivity contribution in [1.82, 2.24) is 30.2 Å². The first kappa shape index (κ1) is 24.9. The third kappa shape index (κ3) is 6.42. The van der Waals surface area contributed by atoms with Gasteiger partial charge in [0, 0.05) is 43.7 Å². The molecule has 0 spiro atoms. The summed E-state index contributed by atoms with van der Waals surface area (Å²) in [6, 6.07) is 5.79. The van der Waals surface area contributed by atoms with Crippen molar-refractivity contribution >= 4 is 33.3 Å². The number of hydrogen-bond donors (Lipinski definition) is 2. The summed E-state index contributed by atoms with van der Waals surface area (Å²) in [6.07, 6.45) is 5.60. The highest BCUT2D eigenvalue weighted by atomic mass is 32.1. The van der Waals surface area contributed by atoms with Crippen molar-refractivity contribution in [1.29, 1.82) is 0 Å². The van der Waals surface area contributed by atoms with Gasteiger partial charge in [-0.1, -0.05) is 6.07 Å². The summed E-state index contributed by atoms with van der Waals surface area (Å²) in [7, 11) is 1.51. The number of nitrogens with two attached hydrogens (primary N) is 1. The largest absolute Gasteiger partial charge is 0.467 e. The van der Waals surface area contributed by atoms with Gasteiger partial charge in [-0.3, -0.25) is 9.78 Å². The molecule has 3 N–H and O–H groups in total. The molecule has 34 heavy (non-hydrogen) atoms. The highest BCUT2D eigenvalue weighted by molar-refractivity contribution is 7.17. The number of ether oxygens (including phenoxy) is 2. The summed E-state index contributed by atoms with van der Waals surface area (Å²) < 4.78 is 9.76. The molecule has 4 aromatic rings. The number of thiophene rings is 1. The Morgan fingerprint density at radius 1 is 1.12 bits per heavy atom. The Morgan fingerprint density at radius 3 is 2.50 bits per heavy atom. The number of hydrogen-bond acceptors (Lipinski definition) is 10. The van der Waals surface area contributed by atoms with Gasteiger partial charge < -0.3 is 20.5 Å². The molecule has 0 fully saturated rings. The van der Waals surface area contributed by atoms with Gasteiger partial charge in [0.2, 0.25) is 0 Å². The third-order valence-corrected chi connectivity index (χ3v) is 5.44. The van der Waals surface area contributed by atoms with Crippen molar-refractivity contribution in [2.75, 3.05) is 32.6 Å². The summed E-state index contributed by atoms with van der Waals surface area (Å²) in [5.41, 5.74) is 8.12. The first-order valence-corrected chi connectivity index (χ1v) is 11.6. The third-order valence-electron chi connectivity index (χ3n) is 4.57. The summed E-state index contributed by atoms with van der Waals surface area (Å²) in [5, 5.41) is 5.18. The van der Waals surface area contributed by atoms with Crippen LogP contribution in [0.25, 0.3) is 21.7 Å². The van der Waals surface area contributed by atoms with Crippen LogP contribution in [0.1, 0.15) is 29.8 Å². The maximum Gasteiger partial charge on any atom is 0.316 e. The highest BCUT2D eigenvalue weighted by Gasteiger charge is 2.18. The van der Waals surface area contributed by atoms with E-state index in [2.05, 4.69) is 30.2 Å². The van der Waals surface area contributed by atoms with Crippen LogP contribution in [-0.2, 0) is 11.2 Å². The Labute approximate surface area is 201 Å². The van der Waals surface area contributed by atoms with Gasteiger partial charge in [0.15, 0.2) is 5.82 Å². The minimum Gasteiger partial charge on any atom is -0.467 e. The van der Waals surface area contributed by atoms with Crippen molar-refractivity contribution < 1.29 is 14.3 Å². The molecule has 11 heteroatoms. The number of fused-ring (bicyclic) bond motifs is 1. The Morgan fingerprint density at radius 2 is 1.88 bits per heavy atom. The lowest BCUT2D eigenvalue weighted by Crippen LogP contribution is -2.25. The fraction of sp³-hybridized carbons (Fsp3) is 0.304. The van der Waals surface area contributed by atoms with Gasteiger partial charge in [-0.15, -0.1) is 11.3 Å². The number of nitrogens with one attached hydrogen (secondary N) is 1. The SMILES string of the molecule is CCOCC.COc1ncc(CCNC(=O)c2csc3nc(-c4ccccn4)nc(N)c23)cn1. The topological polar surface area (TPSA) is 138 Å². The molecule has 0 aromatic carbocycles. The zero-order valence-electron chi connectivity index (χ0n) is 19.3. The average Bonchev–Trinajstić information content (AvgIpc) is 3.31. The lowest BCUT2D eigenvalue weighted by atomic mass is 10.2. The van der Waals surface area contributed by atoms with Crippen LogP contribution in [0.3, 0.4) is 0 Å². The average molecular weight is 482 g/mol. The molecule has 1 amide bonds. The molecule has 0 atom stereocenters. The van der Waals surface area contributed by atoms with Crippen molar-refractivity contribution in [2.45, 2.75) is 20.3 Å². The lowest BCUT2D eigenvalue weighted by molar-refractivity contribution is 0.0956. The Hall–Kier alpha value is -3.70. The minimum absolute atomic E-state index is 0.230. The molecule has 4 aromatic heterocycles. The van der Waals surface area contributed by atoms with Crippen molar-refractivity contribution in [3.05, 3.63) is 53.3 Å². The number of carbonyl (C=O) groups is 1. The monoisotopic (exact) mass is 481 g/mol. The maximum absolute atomic E-state index is 12.6. The molecule has 4 rings (SSSR count). The van der Waals surface area contributed by atoms with E-state index in [9.17, 15) is 4.79 Å². The van der Waals surface area contributed by atoms with Gasteiger partial charge in [-0.05, 0) is 38.0 Å². The van der Waals surface area contributed by atoms with Gasteiger partial charge in [-0.2, -0.15) is 0 Å². The first-order valence-electron chi connectivity index (χ1n) is 10.7. The summed E-state index contributed by atoms with van der Waals surface area (Å²) in [5.74, 6) is 0.459. The van der Waals surface area contributed by atoms with Crippen LogP contribution in [-0.4, -0.2) is 57.7 Å². The maximum atomic E-state index is 12.6. The number of nitrogen functional groups attached to an aromatic ring is 1. The molecular formula is C23H27N7O3S. The molecule has 10 nitrogen and oxygen atoms in total. The molecule has 0 radical (unpaired) electrons. The molecule has 4 heterocycles. The number of aromatic nitrogens is 5. The van der Waals surface area contributed by atoms with Crippen LogP contribution in [0.15, 0.2) is 42.2 Å². The second kappa shape index (κ2) is 12.5. The number of rotatable bonds is 8. The van der Waals surface area contributed by atoms with Gasteiger partial charge >= 0.3 is 6.01 Å². The van der Waals surface area contributed by atoms with E-state index in [0.717, 1.165) is 18.8 Å². The molecule has 0 aliphatic carbocycles. The number of nitrogens with zero attached hydrogens (tertiary/aromatic N) is 5. The summed E-state index contributed by atoms with van der Waals surface area (Å²) in [4.78, 5) is 34.5. The Balaban J connectivity index is 0.000000588. The first-order chi connectivity index (χ1) is 16.6. The predicted molar refractivity (Wildman–Crippen MR) is 132 cm³/mol. The fourth-order valence-electron chi connectivity index (χ4n) is 2.94. The van der Waals surface area contributed by atoms with Crippen LogP contribution >= 0.6 is 11.3 Å².